The first-order valence-electron chi connectivity index (χ1n) is 6.08. The van der Waals surface area contributed by atoms with E-state index in [1.54, 1.807) is 31.2 Å². The van der Waals surface area contributed by atoms with Crippen LogP contribution in [0.3, 0.4) is 0 Å². The lowest BCUT2D eigenvalue weighted by atomic mass is 10.3. The van der Waals surface area contributed by atoms with Crippen LogP contribution in [0.15, 0.2) is 33.7 Å². The zero-order valence-corrected chi connectivity index (χ0v) is 12.1. The molecule has 2 N–H and O–H groups in total. The summed E-state index contributed by atoms with van der Waals surface area (Å²) in [6, 6.07) is 6.71. The lowest BCUT2D eigenvalue weighted by Gasteiger charge is -2.11. The number of benzene rings is 1. The van der Waals surface area contributed by atoms with Gasteiger partial charge in [-0.2, -0.15) is 4.98 Å². The first kappa shape index (κ1) is 14.5. The molecule has 0 saturated carbocycles. The Hall–Kier alpha value is -1.93. The molecule has 0 aliphatic rings. The molecule has 1 aromatic heterocycles. The van der Waals surface area contributed by atoms with Gasteiger partial charge < -0.3 is 9.84 Å². The molecular formula is C12H16N4O3S. The number of rotatable bonds is 6. The molecule has 0 spiro atoms. The monoisotopic (exact) mass is 296 g/mol. The molecule has 0 atom stereocenters. The van der Waals surface area contributed by atoms with Gasteiger partial charge in [0.1, 0.15) is 4.90 Å². The van der Waals surface area contributed by atoms with E-state index in [0.29, 0.717) is 30.4 Å². The number of anilines is 1. The van der Waals surface area contributed by atoms with Crippen LogP contribution in [0.25, 0.3) is 0 Å². The molecule has 1 aromatic carbocycles. The predicted octanol–water partition coefficient (Wildman–Crippen LogP) is 0.941. The van der Waals surface area contributed by atoms with Gasteiger partial charge in [-0.3, -0.25) is 0 Å². The summed E-state index contributed by atoms with van der Waals surface area (Å²) in [6.45, 7) is 2.23. The summed E-state index contributed by atoms with van der Waals surface area (Å²) >= 11 is 0. The summed E-state index contributed by atoms with van der Waals surface area (Å²) in [6.07, 6.45) is 0.547. The number of aromatic nitrogens is 2. The molecular weight excluding hydrogens is 280 g/mol. The van der Waals surface area contributed by atoms with E-state index in [4.69, 9.17) is 4.52 Å². The van der Waals surface area contributed by atoms with Crippen molar-refractivity contribution in [2.45, 2.75) is 18.2 Å². The quantitative estimate of drug-likeness (QED) is 0.823. The second-order valence-electron chi connectivity index (χ2n) is 4.11. The molecule has 108 valence electrons. The van der Waals surface area contributed by atoms with Crippen molar-refractivity contribution in [2.24, 2.45) is 0 Å². The van der Waals surface area contributed by atoms with Crippen molar-refractivity contribution < 1.29 is 12.9 Å². The van der Waals surface area contributed by atoms with E-state index < -0.39 is 10.0 Å². The Kier molecular flexibility index (Phi) is 4.35. The van der Waals surface area contributed by atoms with E-state index in [1.165, 1.54) is 7.05 Å². The second-order valence-corrected chi connectivity index (χ2v) is 5.97. The van der Waals surface area contributed by atoms with Crippen molar-refractivity contribution in [3.8, 4) is 0 Å². The fourth-order valence-electron chi connectivity index (χ4n) is 1.71. The van der Waals surface area contributed by atoms with Gasteiger partial charge in [0, 0.05) is 19.9 Å². The van der Waals surface area contributed by atoms with Crippen LogP contribution in [0.5, 0.6) is 0 Å². The SMILES string of the molecule is CNS(=O)(=O)c1ccccc1NCCc1noc(C)n1. The zero-order chi connectivity index (χ0) is 14.6. The molecule has 0 aliphatic carbocycles. The van der Waals surface area contributed by atoms with Gasteiger partial charge in [-0.05, 0) is 19.2 Å². The molecule has 7 nitrogen and oxygen atoms in total. The van der Waals surface area contributed by atoms with E-state index in [0.717, 1.165) is 0 Å². The highest BCUT2D eigenvalue weighted by Gasteiger charge is 2.15. The Morgan fingerprint density at radius 2 is 2.05 bits per heavy atom. The Labute approximate surface area is 117 Å². The van der Waals surface area contributed by atoms with Crippen LogP contribution in [-0.2, 0) is 16.4 Å². The van der Waals surface area contributed by atoms with Crippen LogP contribution in [0.1, 0.15) is 11.7 Å². The molecule has 0 unspecified atom stereocenters. The fourth-order valence-corrected chi connectivity index (χ4v) is 2.62. The van der Waals surface area contributed by atoms with Gasteiger partial charge in [0.05, 0.1) is 5.69 Å². The first-order chi connectivity index (χ1) is 9.53. The number of hydrogen-bond donors (Lipinski definition) is 2. The Balaban J connectivity index is 2.06. The van der Waals surface area contributed by atoms with E-state index in [1.807, 2.05) is 0 Å². The average molecular weight is 296 g/mol. The van der Waals surface area contributed by atoms with Gasteiger partial charge in [-0.15, -0.1) is 0 Å². The second kappa shape index (κ2) is 6.02. The third-order valence-electron chi connectivity index (χ3n) is 2.68. The molecule has 2 aromatic rings. The van der Waals surface area contributed by atoms with Crippen LogP contribution < -0.4 is 10.0 Å². The summed E-state index contributed by atoms with van der Waals surface area (Å²) in [4.78, 5) is 4.30. The molecule has 0 saturated heterocycles. The van der Waals surface area contributed by atoms with Gasteiger partial charge in [-0.25, -0.2) is 13.1 Å². The van der Waals surface area contributed by atoms with Crippen molar-refractivity contribution in [3.05, 3.63) is 36.0 Å². The number of nitrogens with one attached hydrogen (secondary N) is 2. The number of aryl methyl sites for hydroxylation is 1. The molecule has 0 fully saturated rings. The molecule has 0 amide bonds. The largest absolute Gasteiger partial charge is 0.383 e. The summed E-state index contributed by atoms with van der Waals surface area (Å²) in [7, 11) is -2.10. The number of sulfonamides is 1. The summed E-state index contributed by atoms with van der Waals surface area (Å²) in [5.41, 5.74) is 0.544. The summed E-state index contributed by atoms with van der Waals surface area (Å²) in [5, 5.41) is 6.85. The van der Waals surface area contributed by atoms with Gasteiger partial charge >= 0.3 is 0 Å². The maximum Gasteiger partial charge on any atom is 0.242 e. The lowest BCUT2D eigenvalue weighted by molar-refractivity contribution is 0.387. The first-order valence-corrected chi connectivity index (χ1v) is 7.57. The maximum atomic E-state index is 11.9. The molecule has 0 aliphatic heterocycles. The molecule has 8 heteroatoms. The fraction of sp³-hybridized carbons (Fsp3) is 0.333. The third kappa shape index (κ3) is 3.34. The smallest absolute Gasteiger partial charge is 0.242 e. The maximum absolute atomic E-state index is 11.9. The van der Waals surface area contributed by atoms with E-state index in [2.05, 4.69) is 20.2 Å². The highest BCUT2D eigenvalue weighted by atomic mass is 32.2. The third-order valence-corrected chi connectivity index (χ3v) is 4.15. The van der Waals surface area contributed by atoms with Crippen molar-refractivity contribution in [3.63, 3.8) is 0 Å². The molecule has 0 bridgehead atoms. The minimum absolute atomic E-state index is 0.215. The van der Waals surface area contributed by atoms with Crippen LogP contribution in [-0.4, -0.2) is 32.2 Å². The minimum atomic E-state index is -3.48. The van der Waals surface area contributed by atoms with Gasteiger partial charge in [0.15, 0.2) is 5.82 Å². The van der Waals surface area contributed by atoms with E-state index >= 15 is 0 Å². The standard InChI is InChI=1S/C12H16N4O3S/c1-9-15-12(16-19-9)7-8-14-10-5-3-4-6-11(10)20(17,18)13-2/h3-6,13-14H,7-8H2,1-2H3. The summed E-state index contributed by atoms with van der Waals surface area (Å²) < 4.78 is 30.9. The van der Waals surface area contributed by atoms with Crippen molar-refractivity contribution in [2.75, 3.05) is 18.9 Å². The average Bonchev–Trinajstić information content (AvgIpc) is 2.85. The summed E-state index contributed by atoms with van der Waals surface area (Å²) in [5.74, 6) is 1.10. The van der Waals surface area contributed by atoms with Crippen LogP contribution in [0.2, 0.25) is 0 Å². The Morgan fingerprint density at radius 1 is 1.30 bits per heavy atom. The molecule has 1 heterocycles. The highest BCUT2D eigenvalue weighted by molar-refractivity contribution is 7.89. The molecule has 20 heavy (non-hydrogen) atoms. The van der Waals surface area contributed by atoms with Crippen LogP contribution in [0, 0.1) is 6.92 Å². The van der Waals surface area contributed by atoms with Gasteiger partial charge in [0.2, 0.25) is 15.9 Å². The predicted molar refractivity (Wildman–Crippen MR) is 73.9 cm³/mol. The van der Waals surface area contributed by atoms with Gasteiger partial charge in [-0.1, -0.05) is 17.3 Å². The number of nitrogens with zero attached hydrogens (tertiary/aromatic N) is 2. The molecule has 2 rings (SSSR count). The van der Waals surface area contributed by atoms with Crippen molar-refractivity contribution in [1.29, 1.82) is 0 Å². The highest BCUT2D eigenvalue weighted by Crippen LogP contribution is 2.20. The van der Waals surface area contributed by atoms with Crippen LogP contribution in [0.4, 0.5) is 5.69 Å². The molecule has 0 radical (unpaired) electrons. The zero-order valence-electron chi connectivity index (χ0n) is 11.3. The number of para-hydroxylation sites is 1. The lowest BCUT2D eigenvalue weighted by Crippen LogP contribution is -2.20. The number of hydrogen-bond acceptors (Lipinski definition) is 6. The van der Waals surface area contributed by atoms with E-state index in [9.17, 15) is 8.42 Å². The topological polar surface area (TPSA) is 97.1 Å². The normalized spacial score (nSPS) is 11.5. The van der Waals surface area contributed by atoms with Crippen molar-refractivity contribution in [1.82, 2.24) is 14.9 Å². The van der Waals surface area contributed by atoms with Crippen molar-refractivity contribution >= 4 is 15.7 Å². The van der Waals surface area contributed by atoms with E-state index in [-0.39, 0.29) is 4.90 Å². The minimum Gasteiger partial charge on any atom is -0.383 e. The Morgan fingerprint density at radius 3 is 2.70 bits per heavy atom. The van der Waals surface area contributed by atoms with Gasteiger partial charge in [0.25, 0.3) is 0 Å². The Bertz CT molecular complexity index is 682. The van der Waals surface area contributed by atoms with Crippen LogP contribution >= 0.6 is 0 Å².